The summed E-state index contributed by atoms with van der Waals surface area (Å²) in [6, 6.07) is 0. The third-order valence-corrected chi connectivity index (χ3v) is 3.74. The Kier molecular flexibility index (Phi) is 5.36. The van der Waals surface area contributed by atoms with E-state index in [0.717, 1.165) is 12.8 Å². The average molecular weight is 245 g/mol. The summed E-state index contributed by atoms with van der Waals surface area (Å²) in [4.78, 5) is 20.7. The normalized spacial score (nSPS) is 27.1. The van der Waals surface area contributed by atoms with Gasteiger partial charge in [-0.3, -0.25) is 4.79 Å². The molecule has 5 heteroatoms. The Hall–Kier alpha value is -0.650. The summed E-state index contributed by atoms with van der Waals surface area (Å²) in [5, 5.41) is 0. The second kappa shape index (κ2) is 6.33. The van der Waals surface area contributed by atoms with E-state index in [-0.39, 0.29) is 11.4 Å². The maximum atomic E-state index is 11.6. The summed E-state index contributed by atoms with van der Waals surface area (Å²) < 4.78 is 5.01. The van der Waals surface area contributed by atoms with E-state index in [1.54, 1.807) is 0 Å². The van der Waals surface area contributed by atoms with E-state index in [1.807, 2.05) is 6.92 Å². The molecule has 1 aliphatic rings. The molecule has 0 aromatic heterocycles. The molecule has 1 fully saturated rings. The first-order chi connectivity index (χ1) is 8.03. The van der Waals surface area contributed by atoms with Crippen molar-refractivity contribution in [2.75, 3.05) is 13.2 Å². The third kappa shape index (κ3) is 3.94. The summed E-state index contributed by atoms with van der Waals surface area (Å²) in [6.07, 6.45) is 2.26. The van der Waals surface area contributed by atoms with Crippen molar-refractivity contribution in [3.05, 3.63) is 0 Å². The molecule has 2 atom stereocenters. The molecule has 2 N–H and O–H groups in total. The molecule has 1 rings (SSSR count). The highest BCUT2D eigenvalue weighted by atomic mass is 17.3. The molecule has 0 aliphatic heterocycles. The van der Waals surface area contributed by atoms with E-state index in [9.17, 15) is 4.79 Å². The summed E-state index contributed by atoms with van der Waals surface area (Å²) in [5.74, 6) is 5.86. The average Bonchev–Trinajstić information content (AvgIpc) is 2.52. The molecule has 1 aliphatic carbocycles. The van der Waals surface area contributed by atoms with Gasteiger partial charge in [0.15, 0.2) is 0 Å². The van der Waals surface area contributed by atoms with Crippen LogP contribution in [0, 0.1) is 17.3 Å². The van der Waals surface area contributed by atoms with E-state index >= 15 is 0 Å². The monoisotopic (exact) mass is 245 g/mol. The van der Waals surface area contributed by atoms with Crippen LogP contribution in [0.2, 0.25) is 0 Å². The summed E-state index contributed by atoms with van der Waals surface area (Å²) in [6.45, 7) is 6.96. The standard InChI is InChI=1S/C12H23NO4/c1-4-15-11(14)7-12(8-16-17-13)5-9(2)10(3)6-12/h9-10H,4-8,13H2,1-3H3/t9-,10-/m0/s1. The second-order valence-corrected chi connectivity index (χ2v) is 5.20. The number of carbonyl (C=O) groups is 1. The summed E-state index contributed by atoms with van der Waals surface area (Å²) in [7, 11) is 0. The fraction of sp³-hybridized carbons (Fsp3) is 0.917. The molecule has 5 nitrogen and oxygen atoms in total. The molecular weight excluding hydrogens is 222 g/mol. The number of esters is 1. The highest BCUT2D eigenvalue weighted by Crippen LogP contribution is 2.48. The van der Waals surface area contributed by atoms with Crippen LogP contribution in [0.15, 0.2) is 0 Å². The van der Waals surface area contributed by atoms with Crippen LogP contribution in [0.4, 0.5) is 0 Å². The van der Waals surface area contributed by atoms with Crippen molar-refractivity contribution in [1.29, 1.82) is 0 Å². The predicted molar refractivity (Wildman–Crippen MR) is 62.5 cm³/mol. The number of ether oxygens (including phenoxy) is 1. The Morgan fingerprint density at radius 2 is 1.94 bits per heavy atom. The number of rotatable bonds is 6. The van der Waals surface area contributed by atoms with Gasteiger partial charge in [0.1, 0.15) is 0 Å². The van der Waals surface area contributed by atoms with Gasteiger partial charge in [-0.2, -0.15) is 5.90 Å². The van der Waals surface area contributed by atoms with Gasteiger partial charge in [-0.05, 0) is 31.6 Å². The van der Waals surface area contributed by atoms with Crippen molar-refractivity contribution in [3.63, 3.8) is 0 Å². The molecule has 0 heterocycles. The van der Waals surface area contributed by atoms with Gasteiger partial charge in [0.25, 0.3) is 0 Å². The van der Waals surface area contributed by atoms with Crippen molar-refractivity contribution in [3.8, 4) is 0 Å². The molecular formula is C12H23NO4. The Morgan fingerprint density at radius 1 is 1.35 bits per heavy atom. The number of carbonyl (C=O) groups excluding carboxylic acids is 1. The van der Waals surface area contributed by atoms with Crippen LogP contribution in [0.25, 0.3) is 0 Å². The van der Waals surface area contributed by atoms with Gasteiger partial charge in [0.05, 0.1) is 19.6 Å². The van der Waals surface area contributed by atoms with Gasteiger partial charge >= 0.3 is 5.97 Å². The highest BCUT2D eigenvalue weighted by molar-refractivity contribution is 5.70. The first-order valence-corrected chi connectivity index (χ1v) is 6.17. The molecule has 0 bridgehead atoms. The topological polar surface area (TPSA) is 70.8 Å². The fourth-order valence-electron chi connectivity index (χ4n) is 2.84. The lowest BCUT2D eigenvalue weighted by atomic mass is 9.82. The fourth-order valence-corrected chi connectivity index (χ4v) is 2.84. The molecule has 0 spiro atoms. The Bertz CT molecular complexity index is 247. The van der Waals surface area contributed by atoms with Crippen LogP contribution in [-0.4, -0.2) is 19.2 Å². The molecule has 0 amide bonds. The molecule has 0 radical (unpaired) electrons. The summed E-state index contributed by atoms with van der Waals surface area (Å²) in [5.41, 5.74) is -0.190. The van der Waals surface area contributed by atoms with E-state index in [0.29, 0.717) is 31.5 Å². The molecule has 100 valence electrons. The first kappa shape index (κ1) is 14.4. The maximum absolute atomic E-state index is 11.6. The van der Waals surface area contributed by atoms with Crippen molar-refractivity contribution >= 4 is 5.97 Å². The minimum absolute atomic E-state index is 0.172. The van der Waals surface area contributed by atoms with Crippen LogP contribution >= 0.6 is 0 Å². The van der Waals surface area contributed by atoms with Gasteiger partial charge in [-0.1, -0.05) is 13.8 Å². The highest BCUT2D eigenvalue weighted by Gasteiger charge is 2.44. The van der Waals surface area contributed by atoms with E-state index in [4.69, 9.17) is 15.5 Å². The Morgan fingerprint density at radius 3 is 2.41 bits per heavy atom. The lowest BCUT2D eigenvalue weighted by Crippen LogP contribution is -2.29. The molecule has 0 aromatic carbocycles. The zero-order chi connectivity index (χ0) is 12.9. The Balaban J connectivity index is 2.63. The minimum atomic E-state index is -0.190. The minimum Gasteiger partial charge on any atom is -0.466 e. The number of hydrogen-bond donors (Lipinski definition) is 1. The smallest absolute Gasteiger partial charge is 0.306 e. The second-order valence-electron chi connectivity index (χ2n) is 5.20. The van der Waals surface area contributed by atoms with Crippen LogP contribution in [-0.2, 0) is 19.4 Å². The molecule has 1 saturated carbocycles. The molecule has 0 saturated heterocycles. The Labute approximate surface area is 102 Å². The van der Waals surface area contributed by atoms with Crippen molar-refractivity contribution < 1.29 is 19.4 Å². The van der Waals surface area contributed by atoms with E-state index < -0.39 is 0 Å². The van der Waals surface area contributed by atoms with Crippen molar-refractivity contribution in [2.24, 2.45) is 23.1 Å². The zero-order valence-corrected chi connectivity index (χ0v) is 10.9. The van der Waals surface area contributed by atoms with Gasteiger partial charge in [0.2, 0.25) is 0 Å². The number of hydrogen-bond acceptors (Lipinski definition) is 5. The quantitative estimate of drug-likeness (QED) is 0.439. The zero-order valence-electron chi connectivity index (χ0n) is 10.9. The first-order valence-electron chi connectivity index (χ1n) is 6.17. The van der Waals surface area contributed by atoms with Crippen LogP contribution in [0.1, 0.15) is 40.0 Å². The lowest BCUT2D eigenvalue weighted by molar-refractivity contribution is -0.315. The van der Waals surface area contributed by atoms with E-state index in [1.165, 1.54) is 0 Å². The van der Waals surface area contributed by atoms with Crippen molar-refractivity contribution in [2.45, 2.75) is 40.0 Å². The van der Waals surface area contributed by atoms with Gasteiger partial charge in [-0.15, -0.1) is 4.99 Å². The molecule has 0 unspecified atom stereocenters. The summed E-state index contributed by atoms with van der Waals surface area (Å²) >= 11 is 0. The van der Waals surface area contributed by atoms with E-state index in [2.05, 4.69) is 18.8 Å². The molecule has 17 heavy (non-hydrogen) atoms. The van der Waals surface area contributed by atoms with Gasteiger partial charge in [-0.25, -0.2) is 4.89 Å². The SMILES string of the molecule is CCOC(=O)CC1(COON)C[C@H](C)[C@@H](C)C1. The van der Waals surface area contributed by atoms with Gasteiger partial charge < -0.3 is 4.74 Å². The maximum Gasteiger partial charge on any atom is 0.306 e. The predicted octanol–water partition coefficient (Wildman–Crippen LogP) is 1.81. The number of nitrogens with two attached hydrogens (primary N) is 1. The van der Waals surface area contributed by atoms with Crippen molar-refractivity contribution in [1.82, 2.24) is 0 Å². The van der Waals surface area contributed by atoms with Crippen LogP contribution < -0.4 is 5.90 Å². The third-order valence-electron chi connectivity index (χ3n) is 3.74. The van der Waals surface area contributed by atoms with Gasteiger partial charge in [0, 0.05) is 5.41 Å². The lowest BCUT2D eigenvalue weighted by Gasteiger charge is -2.26. The van der Waals surface area contributed by atoms with Crippen LogP contribution in [0.5, 0.6) is 0 Å². The molecule has 0 aromatic rings. The largest absolute Gasteiger partial charge is 0.466 e. The van der Waals surface area contributed by atoms with Crippen LogP contribution in [0.3, 0.4) is 0 Å².